The number of benzene rings is 1. The van der Waals surface area contributed by atoms with E-state index in [9.17, 15) is 5.11 Å². The molecule has 1 aromatic heterocycles. The minimum Gasteiger partial charge on any atom is -0.494 e. The first-order chi connectivity index (χ1) is 8.72. The molecule has 1 unspecified atom stereocenters. The van der Waals surface area contributed by atoms with Crippen LogP contribution in [0.1, 0.15) is 36.3 Å². The van der Waals surface area contributed by atoms with E-state index in [4.69, 9.17) is 9.15 Å². The molecule has 1 aromatic carbocycles. The molecule has 96 valence electrons. The van der Waals surface area contributed by atoms with Crippen LogP contribution < -0.4 is 4.74 Å². The summed E-state index contributed by atoms with van der Waals surface area (Å²) in [5.74, 6) is 1.42. The van der Waals surface area contributed by atoms with E-state index < -0.39 is 6.10 Å². The van der Waals surface area contributed by atoms with E-state index >= 15 is 0 Å². The van der Waals surface area contributed by atoms with Gasteiger partial charge in [-0.3, -0.25) is 0 Å². The lowest BCUT2D eigenvalue weighted by atomic mass is 10.1. The second kappa shape index (κ2) is 5.74. The molecule has 0 radical (unpaired) electrons. The first kappa shape index (κ1) is 12.7. The lowest BCUT2D eigenvalue weighted by Crippen LogP contribution is -2.00. The van der Waals surface area contributed by atoms with E-state index in [0.717, 1.165) is 23.3 Å². The summed E-state index contributed by atoms with van der Waals surface area (Å²) in [5, 5.41) is 10.2. The molecule has 0 aliphatic heterocycles. The van der Waals surface area contributed by atoms with Crippen molar-refractivity contribution < 1.29 is 14.3 Å². The summed E-state index contributed by atoms with van der Waals surface area (Å²) >= 11 is 0. The zero-order chi connectivity index (χ0) is 13.0. The van der Waals surface area contributed by atoms with Gasteiger partial charge in [-0.05, 0) is 42.7 Å². The van der Waals surface area contributed by atoms with Crippen LogP contribution in [0, 0.1) is 6.92 Å². The Morgan fingerprint density at radius 2 is 1.94 bits per heavy atom. The van der Waals surface area contributed by atoms with Gasteiger partial charge in [-0.1, -0.05) is 19.1 Å². The van der Waals surface area contributed by atoms with Gasteiger partial charge in [0.05, 0.1) is 12.9 Å². The molecule has 2 aromatic rings. The second-order valence-corrected chi connectivity index (χ2v) is 4.29. The Bertz CT molecular complexity index is 485. The average Bonchev–Trinajstić information content (AvgIpc) is 2.82. The van der Waals surface area contributed by atoms with Gasteiger partial charge in [-0.2, -0.15) is 0 Å². The Kier molecular flexibility index (Phi) is 4.05. The van der Waals surface area contributed by atoms with Crippen molar-refractivity contribution in [3.8, 4) is 5.75 Å². The number of hydrogen-bond donors (Lipinski definition) is 1. The fourth-order valence-electron chi connectivity index (χ4n) is 1.78. The maximum absolute atomic E-state index is 10.2. The highest BCUT2D eigenvalue weighted by atomic mass is 16.5. The SMILES string of the molecule is CCCOc1ccc(C(O)c2occc2C)cc1. The number of aliphatic hydroxyl groups excluding tert-OH is 1. The van der Waals surface area contributed by atoms with Gasteiger partial charge in [0.15, 0.2) is 0 Å². The lowest BCUT2D eigenvalue weighted by molar-refractivity contribution is 0.188. The largest absolute Gasteiger partial charge is 0.494 e. The maximum Gasteiger partial charge on any atom is 0.139 e. The molecule has 3 nitrogen and oxygen atoms in total. The van der Waals surface area contributed by atoms with Crippen molar-refractivity contribution in [2.75, 3.05) is 6.61 Å². The van der Waals surface area contributed by atoms with Crippen LogP contribution in [0.15, 0.2) is 41.0 Å². The molecule has 0 bridgehead atoms. The highest BCUT2D eigenvalue weighted by Gasteiger charge is 2.15. The fraction of sp³-hybridized carbons (Fsp3) is 0.333. The molecule has 0 fully saturated rings. The minimum atomic E-state index is -0.722. The monoisotopic (exact) mass is 246 g/mol. The topological polar surface area (TPSA) is 42.6 Å². The zero-order valence-corrected chi connectivity index (χ0v) is 10.7. The van der Waals surface area contributed by atoms with E-state index in [0.29, 0.717) is 12.4 Å². The summed E-state index contributed by atoms with van der Waals surface area (Å²) < 4.78 is 10.8. The van der Waals surface area contributed by atoms with Gasteiger partial charge in [-0.25, -0.2) is 0 Å². The first-order valence-electron chi connectivity index (χ1n) is 6.17. The fourth-order valence-corrected chi connectivity index (χ4v) is 1.78. The van der Waals surface area contributed by atoms with Gasteiger partial charge in [-0.15, -0.1) is 0 Å². The summed E-state index contributed by atoms with van der Waals surface area (Å²) in [5.41, 5.74) is 1.76. The maximum atomic E-state index is 10.2. The molecule has 0 aliphatic rings. The summed E-state index contributed by atoms with van der Waals surface area (Å²) in [7, 11) is 0. The Morgan fingerprint density at radius 1 is 1.22 bits per heavy atom. The average molecular weight is 246 g/mol. The lowest BCUT2D eigenvalue weighted by Gasteiger charge is -2.11. The van der Waals surface area contributed by atoms with Gasteiger partial charge in [0, 0.05) is 0 Å². The molecule has 1 N–H and O–H groups in total. The van der Waals surface area contributed by atoms with Crippen LogP contribution in [-0.4, -0.2) is 11.7 Å². The van der Waals surface area contributed by atoms with Crippen molar-refractivity contribution in [1.29, 1.82) is 0 Å². The summed E-state index contributed by atoms with van der Waals surface area (Å²) in [4.78, 5) is 0. The van der Waals surface area contributed by atoms with Crippen LogP contribution in [0.2, 0.25) is 0 Å². The summed E-state index contributed by atoms with van der Waals surface area (Å²) in [6.07, 6.45) is 1.85. The van der Waals surface area contributed by atoms with E-state index in [1.54, 1.807) is 6.26 Å². The third kappa shape index (κ3) is 2.74. The number of ether oxygens (including phenoxy) is 1. The van der Waals surface area contributed by atoms with Crippen molar-refractivity contribution in [2.45, 2.75) is 26.4 Å². The highest BCUT2D eigenvalue weighted by molar-refractivity contribution is 5.33. The first-order valence-corrected chi connectivity index (χ1v) is 6.17. The van der Waals surface area contributed by atoms with E-state index in [-0.39, 0.29) is 0 Å². The minimum absolute atomic E-state index is 0.595. The van der Waals surface area contributed by atoms with Crippen molar-refractivity contribution in [3.05, 3.63) is 53.5 Å². The van der Waals surface area contributed by atoms with Gasteiger partial charge in [0.1, 0.15) is 17.6 Å². The molecular weight excluding hydrogens is 228 g/mol. The van der Waals surface area contributed by atoms with E-state index in [1.807, 2.05) is 37.3 Å². The smallest absolute Gasteiger partial charge is 0.139 e. The number of furan rings is 1. The normalized spacial score (nSPS) is 12.4. The zero-order valence-electron chi connectivity index (χ0n) is 10.7. The van der Waals surface area contributed by atoms with Crippen molar-refractivity contribution >= 4 is 0 Å². The van der Waals surface area contributed by atoms with Gasteiger partial charge in [0.25, 0.3) is 0 Å². The van der Waals surface area contributed by atoms with Crippen LogP contribution in [0.25, 0.3) is 0 Å². The molecule has 0 spiro atoms. The molecule has 18 heavy (non-hydrogen) atoms. The van der Waals surface area contributed by atoms with Gasteiger partial charge < -0.3 is 14.3 Å². The standard InChI is InChI=1S/C15H18O3/c1-3-9-17-13-6-4-12(5-7-13)14(16)15-11(2)8-10-18-15/h4-8,10,14,16H,3,9H2,1-2H3. The summed E-state index contributed by atoms with van der Waals surface area (Å²) in [6, 6.07) is 9.30. The number of hydrogen-bond acceptors (Lipinski definition) is 3. The molecule has 1 heterocycles. The van der Waals surface area contributed by atoms with Crippen LogP contribution in [0.5, 0.6) is 5.75 Å². The molecule has 0 saturated heterocycles. The predicted octanol–water partition coefficient (Wildman–Crippen LogP) is 3.46. The Balaban J connectivity index is 2.12. The van der Waals surface area contributed by atoms with Crippen LogP contribution >= 0.6 is 0 Å². The third-order valence-electron chi connectivity index (χ3n) is 2.82. The molecule has 0 amide bonds. The van der Waals surface area contributed by atoms with Crippen molar-refractivity contribution in [3.63, 3.8) is 0 Å². The molecule has 1 atom stereocenters. The Hall–Kier alpha value is -1.74. The highest BCUT2D eigenvalue weighted by Crippen LogP contribution is 2.26. The molecular formula is C15H18O3. The van der Waals surface area contributed by atoms with E-state index in [1.165, 1.54) is 0 Å². The van der Waals surface area contributed by atoms with Gasteiger partial charge in [0.2, 0.25) is 0 Å². The molecule has 0 saturated carbocycles. The van der Waals surface area contributed by atoms with Crippen molar-refractivity contribution in [1.82, 2.24) is 0 Å². The van der Waals surface area contributed by atoms with Crippen molar-refractivity contribution in [2.24, 2.45) is 0 Å². The third-order valence-corrected chi connectivity index (χ3v) is 2.82. The molecule has 3 heteroatoms. The Labute approximate surface area is 107 Å². The van der Waals surface area contributed by atoms with Crippen LogP contribution in [-0.2, 0) is 0 Å². The second-order valence-electron chi connectivity index (χ2n) is 4.29. The van der Waals surface area contributed by atoms with Gasteiger partial charge >= 0.3 is 0 Å². The summed E-state index contributed by atoms with van der Waals surface area (Å²) in [6.45, 7) is 4.69. The van der Waals surface area contributed by atoms with Crippen LogP contribution in [0.3, 0.4) is 0 Å². The molecule has 2 rings (SSSR count). The predicted molar refractivity (Wildman–Crippen MR) is 69.7 cm³/mol. The Morgan fingerprint density at radius 3 is 2.50 bits per heavy atom. The number of aryl methyl sites for hydroxylation is 1. The quantitative estimate of drug-likeness (QED) is 0.878. The number of rotatable bonds is 5. The van der Waals surface area contributed by atoms with E-state index in [2.05, 4.69) is 6.92 Å². The molecule has 0 aliphatic carbocycles. The number of aliphatic hydroxyl groups is 1. The van der Waals surface area contributed by atoms with Crippen LogP contribution in [0.4, 0.5) is 0 Å².